The fourth-order valence-corrected chi connectivity index (χ4v) is 9.91. The first-order valence-corrected chi connectivity index (χ1v) is 19.8. The van der Waals surface area contributed by atoms with E-state index in [1.807, 2.05) is 36.4 Å². The fraction of sp³-hybridized carbons (Fsp3) is 0.174. The van der Waals surface area contributed by atoms with E-state index < -0.39 is 15.5 Å². The zero-order valence-electron chi connectivity index (χ0n) is 30.5. The molecular weight excluding hydrogens is 808 g/mol. The van der Waals surface area contributed by atoms with Crippen LogP contribution in [0.15, 0.2) is 182 Å². The van der Waals surface area contributed by atoms with Gasteiger partial charge in [-0.1, -0.05) is 182 Å². The molecule has 0 aliphatic carbocycles. The number of carboxylic acid groups (broad SMARTS) is 1. The summed E-state index contributed by atoms with van der Waals surface area (Å²) in [6.07, 6.45) is 0. The number of carbonyl (C=O) groups excluding carboxylic acids is 1. The Morgan fingerprint density at radius 2 is 0.782 bits per heavy atom. The summed E-state index contributed by atoms with van der Waals surface area (Å²) >= 11 is 3.54. The van der Waals surface area contributed by atoms with Crippen LogP contribution in [0, 0.1) is 0 Å². The van der Waals surface area contributed by atoms with Crippen molar-refractivity contribution >= 4 is 35.4 Å². The quantitative estimate of drug-likeness (QED) is 0.0670. The van der Waals surface area contributed by atoms with Gasteiger partial charge in [0, 0.05) is 44.7 Å². The van der Waals surface area contributed by atoms with Gasteiger partial charge in [0.25, 0.3) is 0 Å². The van der Waals surface area contributed by atoms with Crippen molar-refractivity contribution in [3.05, 3.63) is 215 Å². The van der Waals surface area contributed by atoms with Gasteiger partial charge >= 0.3 is 5.97 Å². The molecule has 6 rings (SSSR count). The van der Waals surface area contributed by atoms with E-state index in [0.29, 0.717) is 24.6 Å². The average molecular weight is 854 g/mol. The number of hydrogen-bond acceptors (Lipinski definition) is 5. The van der Waals surface area contributed by atoms with Gasteiger partial charge in [-0.05, 0) is 33.4 Å². The molecular formula is C46H46N2O4S2Tc. The maximum atomic E-state index is 13.4. The number of hydrogen-bond donors (Lipinski definition) is 2. The van der Waals surface area contributed by atoms with Crippen molar-refractivity contribution in [1.82, 2.24) is 10.2 Å². The Labute approximate surface area is 346 Å². The average Bonchev–Trinajstić information content (AvgIpc) is 3.21. The molecule has 0 aromatic heterocycles. The zero-order chi connectivity index (χ0) is 36.8. The molecule has 0 bridgehead atoms. The summed E-state index contributed by atoms with van der Waals surface area (Å²) < 4.78 is -1.01. The van der Waals surface area contributed by atoms with Gasteiger partial charge in [0.1, 0.15) is 0 Å². The third-order valence-electron chi connectivity index (χ3n) is 9.28. The molecule has 283 valence electrons. The predicted molar refractivity (Wildman–Crippen MR) is 224 cm³/mol. The maximum absolute atomic E-state index is 13.4. The van der Waals surface area contributed by atoms with E-state index in [2.05, 4.69) is 151 Å². The Kier molecular flexibility index (Phi) is 17.0. The molecule has 0 fully saturated rings. The topological polar surface area (TPSA) is 101 Å². The summed E-state index contributed by atoms with van der Waals surface area (Å²) in [6.45, 7) is 0.629. The SMILES string of the molecule is O.O=C(O)CN(CCSC(c1ccccc1)(c1ccccc1)c1ccccc1)CC(=O)NCCSC(c1ccccc1)(c1ccccc1)c1ccccc1.[99Tc]. The van der Waals surface area contributed by atoms with Crippen molar-refractivity contribution in [1.29, 1.82) is 0 Å². The number of nitrogens with zero attached hydrogens (tertiary/aromatic N) is 1. The first kappa shape index (κ1) is 43.3. The second-order valence-corrected chi connectivity index (χ2v) is 15.3. The molecule has 1 amide bonds. The van der Waals surface area contributed by atoms with Crippen LogP contribution in [0.3, 0.4) is 0 Å². The number of nitrogens with one attached hydrogen (secondary N) is 1. The standard InChI is InChI=1S/C46H44N2O3S2.H2O.Tc/c49-43(47-31-33-52-45(37-19-7-1-8-20-37,38-21-9-2-10-22-38)39-23-11-3-12-24-39)35-48(36-44(50)51)32-34-53-46(40-25-13-4-14-26-40,41-27-15-5-16-28-41)42-29-17-6-18-30-42;;/h1-30H,31-36H2,(H,47,49)(H,50,51);1H2;/i;;1+1. The Balaban J connectivity index is 0.00000336. The first-order chi connectivity index (χ1) is 26.0. The van der Waals surface area contributed by atoms with Crippen molar-refractivity contribution in [3.8, 4) is 0 Å². The molecule has 6 aromatic carbocycles. The minimum Gasteiger partial charge on any atom is -0.480 e. The van der Waals surface area contributed by atoms with E-state index in [-0.39, 0.29) is 44.6 Å². The number of carbonyl (C=O) groups is 2. The molecule has 4 N–H and O–H groups in total. The Hall–Kier alpha value is -4.47. The van der Waals surface area contributed by atoms with Gasteiger partial charge in [-0.25, -0.2) is 0 Å². The molecule has 0 aliphatic rings. The molecule has 0 spiro atoms. The van der Waals surface area contributed by atoms with Crippen LogP contribution >= 0.6 is 23.5 Å². The fourth-order valence-electron chi connectivity index (χ4n) is 6.92. The third-order valence-corrected chi connectivity index (χ3v) is 12.4. The molecule has 0 saturated heterocycles. The van der Waals surface area contributed by atoms with Crippen molar-refractivity contribution in [2.75, 3.05) is 37.7 Å². The van der Waals surface area contributed by atoms with Gasteiger partial charge in [-0.3, -0.25) is 14.5 Å². The molecule has 0 unspecified atom stereocenters. The number of benzene rings is 6. The van der Waals surface area contributed by atoms with Crippen LogP contribution in [0.4, 0.5) is 0 Å². The van der Waals surface area contributed by atoms with Crippen LogP contribution in [-0.4, -0.2) is 65.0 Å². The monoisotopic (exact) mass is 853 g/mol. The molecule has 1 radical (unpaired) electrons. The van der Waals surface area contributed by atoms with E-state index in [9.17, 15) is 14.7 Å². The number of carboxylic acids is 1. The molecule has 0 atom stereocenters. The molecule has 55 heavy (non-hydrogen) atoms. The van der Waals surface area contributed by atoms with Gasteiger partial charge in [-0.2, -0.15) is 0 Å². The summed E-state index contributed by atoms with van der Waals surface area (Å²) in [7, 11) is 0. The second-order valence-electron chi connectivity index (χ2n) is 12.7. The van der Waals surface area contributed by atoms with Crippen molar-refractivity contribution in [2.24, 2.45) is 0 Å². The summed E-state index contributed by atoms with van der Waals surface area (Å²) in [5, 5.41) is 12.9. The van der Waals surface area contributed by atoms with Crippen LogP contribution in [0.25, 0.3) is 0 Å². The van der Waals surface area contributed by atoms with Crippen molar-refractivity contribution in [3.63, 3.8) is 0 Å². The number of aliphatic carboxylic acids is 1. The minimum atomic E-state index is -0.961. The van der Waals surface area contributed by atoms with E-state index in [0.717, 1.165) is 33.4 Å². The molecule has 6 aromatic rings. The van der Waals surface area contributed by atoms with E-state index >= 15 is 0 Å². The van der Waals surface area contributed by atoms with Gasteiger partial charge in [0.15, 0.2) is 0 Å². The van der Waals surface area contributed by atoms with Gasteiger partial charge in [0.2, 0.25) is 5.91 Å². The Bertz CT molecular complexity index is 1820. The van der Waals surface area contributed by atoms with Crippen LogP contribution in [0.5, 0.6) is 0 Å². The van der Waals surface area contributed by atoms with Crippen LogP contribution in [0.2, 0.25) is 0 Å². The minimum absolute atomic E-state index is 0. The molecule has 9 heteroatoms. The van der Waals surface area contributed by atoms with E-state index in [4.69, 9.17) is 0 Å². The summed E-state index contributed by atoms with van der Waals surface area (Å²) in [5.74, 6) is 0.0923. The van der Waals surface area contributed by atoms with Gasteiger partial charge in [-0.15, -0.1) is 23.5 Å². The van der Waals surface area contributed by atoms with Crippen molar-refractivity contribution < 1.29 is 40.3 Å². The summed E-state index contributed by atoms with van der Waals surface area (Å²) in [5.41, 5.74) is 6.91. The summed E-state index contributed by atoms with van der Waals surface area (Å²) in [4.78, 5) is 27.2. The molecule has 6 nitrogen and oxygen atoms in total. The molecule has 0 heterocycles. The molecule has 0 aliphatic heterocycles. The van der Waals surface area contributed by atoms with Crippen LogP contribution < -0.4 is 5.32 Å². The third kappa shape index (κ3) is 10.6. The first-order valence-electron chi connectivity index (χ1n) is 17.8. The molecule has 0 saturated carbocycles. The largest absolute Gasteiger partial charge is 0.480 e. The normalized spacial score (nSPS) is 11.2. The number of amides is 1. The van der Waals surface area contributed by atoms with E-state index in [1.165, 1.54) is 0 Å². The number of thioether (sulfide) groups is 2. The van der Waals surface area contributed by atoms with E-state index in [1.54, 1.807) is 28.4 Å². The summed E-state index contributed by atoms with van der Waals surface area (Å²) in [6, 6.07) is 62.7. The van der Waals surface area contributed by atoms with Gasteiger partial charge in [0.05, 0.1) is 22.6 Å². The van der Waals surface area contributed by atoms with Gasteiger partial charge < -0.3 is 15.9 Å². The smallest absolute Gasteiger partial charge is 0.317 e. The van der Waals surface area contributed by atoms with Crippen LogP contribution in [0.1, 0.15) is 33.4 Å². The second kappa shape index (κ2) is 21.6. The van der Waals surface area contributed by atoms with Crippen LogP contribution in [-0.2, 0) is 39.2 Å². The Morgan fingerprint density at radius 1 is 0.491 bits per heavy atom. The van der Waals surface area contributed by atoms with Crippen molar-refractivity contribution in [2.45, 2.75) is 9.49 Å². The maximum Gasteiger partial charge on any atom is 0.317 e. The zero-order valence-corrected chi connectivity index (χ0v) is 34.0. The number of rotatable bonds is 18. The predicted octanol–water partition coefficient (Wildman–Crippen LogP) is 8.11. The Morgan fingerprint density at radius 3 is 1.07 bits per heavy atom.